The number of nitrogens with zero attached hydrogens (tertiary/aromatic N) is 1. The van der Waals surface area contributed by atoms with E-state index < -0.39 is 0 Å². The van der Waals surface area contributed by atoms with E-state index in [1.54, 1.807) is 0 Å². The maximum Gasteiger partial charge on any atom is 0.0593 e. The highest BCUT2D eigenvalue weighted by atomic mass is 16.5. The largest absolute Gasteiger partial charge is 0.380 e. The summed E-state index contributed by atoms with van der Waals surface area (Å²) in [6.45, 7) is 14.7. The quantitative estimate of drug-likeness (QED) is 0.563. The molecule has 0 rings (SSSR count). The lowest BCUT2D eigenvalue weighted by Crippen LogP contribution is -2.43. The summed E-state index contributed by atoms with van der Waals surface area (Å²) < 4.78 is 5.40. The van der Waals surface area contributed by atoms with E-state index in [1.807, 2.05) is 6.92 Å². The van der Waals surface area contributed by atoms with Crippen LogP contribution in [0, 0.1) is 0 Å². The first kappa shape index (κ1) is 14.9. The summed E-state index contributed by atoms with van der Waals surface area (Å²) >= 11 is 0. The topological polar surface area (TPSA) is 24.5 Å². The number of nitrogens with one attached hydrogen (secondary N) is 1. The fourth-order valence-electron chi connectivity index (χ4n) is 1.77. The second-order valence-corrected chi connectivity index (χ2v) is 3.70. The van der Waals surface area contributed by atoms with Crippen LogP contribution >= 0.6 is 0 Å². The molecule has 0 radical (unpaired) electrons. The first-order valence-electron chi connectivity index (χ1n) is 6.32. The molecule has 0 aromatic rings. The molecule has 1 unspecified atom stereocenters. The van der Waals surface area contributed by atoms with Gasteiger partial charge in [-0.05, 0) is 26.4 Å². The molecule has 1 atom stereocenters. The lowest BCUT2D eigenvalue weighted by atomic mass is 10.2. The Kier molecular flexibility index (Phi) is 10.3. The highest BCUT2D eigenvalue weighted by molar-refractivity contribution is 4.71. The van der Waals surface area contributed by atoms with E-state index in [-0.39, 0.29) is 0 Å². The second-order valence-electron chi connectivity index (χ2n) is 3.70. The van der Waals surface area contributed by atoms with E-state index in [9.17, 15) is 0 Å². The van der Waals surface area contributed by atoms with E-state index in [0.29, 0.717) is 6.04 Å². The van der Waals surface area contributed by atoms with Crippen molar-refractivity contribution in [2.24, 2.45) is 0 Å². The zero-order valence-corrected chi connectivity index (χ0v) is 10.9. The van der Waals surface area contributed by atoms with E-state index in [2.05, 4.69) is 31.0 Å². The standard InChI is InChI=1S/C12H28N2O/c1-5-12(11-13-6-2)14(7-3)9-10-15-8-4/h12-13H,5-11H2,1-4H3. The third kappa shape index (κ3) is 6.88. The third-order valence-electron chi connectivity index (χ3n) is 2.75. The molecule has 92 valence electrons. The fraction of sp³-hybridized carbons (Fsp3) is 1.00. The smallest absolute Gasteiger partial charge is 0.0593 e. The van der Waals surface area contributed by atoms with Crippen molar-refractivity contribution in [3.63, 3.8) is 0 Å². The molecule has 3 nitrogen and oxygen atoms in total. The van der Waals surface area contributed by atoms with Gasteiger partial charge >= 0.3 is 0 Å². The molecule has 0 aliphatic heterocycles. The van der Waals surface area contributed by atoms with Crippen LogP contribution in [0.15, 0.2) is 0 Å². The van der Waals surface area contributed by atoms with E-state index in [1.165, 1.54) is 6.42 Å². The molecule has 0 aromatic heterocycles. The monoisotopic (exact) mass is 216 g/mol. The van der Waals surface area contributed by atoms with Gasteiger partial charge in [-0.15, -0.1) is 0 Å². The van der Waals surface area contributed by atoms with Crippen LogP contribution in [0.25, 0.3) is 0 Å². The van der Waals surface area contributed by atoms with Crippen molar-refractivity contribution >= 4 is 0 Å². The van der Waals surface area contributed by atoms with Crippen molar-refractivity contribution in [2.45, 2.75) is 40.2 Å². The zero-order chi connectivity index (χ0) is 11.5. The maximum absolute atomic E-state index is 5.40. The second kappa shape index (κ2) is 10.4. The summed E-state index contributed by atoms with van der Waals surface area (Å²) in [5.74, 6) is 0. The van der Waals surface area contributed by atoms with Gasteiger partial charge in [-0.2, -0.15) is 0 Å². The molecule has 0 heterocycles. The predicted molar refractivity (Wildman–Crippen MR) is 66.4 cm³/mol. The molecule has 0 amide bonds. The summed E-state index contributed by atoms with van der Waals surface area (Å²) in [4.78, 5) is 2.50. The number of hydrogen-bond donors (Lipinski definition) is 1. The van der Waals surface area contributed by atoms with E-state index in [0.717, 1.165) is 39.4 Å². The van der Waals surface area contributed by atoms with Gasteiger partial charge in [0.2, 0.25) is 0 Å². The van der Waals surface area contributed by atoms with Gasteiger partial charge in [0.15, 0.2) is 0 Å². The molecule has 15 heavy (non-hydrogen) atoms. The molecule has 0 saturated heterocycles. The number of hydrogen-bond acceptors (Lipinski definition) is 3. The van der Waals surface area contributed by atoms with E-state index in [4.69, 9.17) is 4.74 Å². The van der Waals surface area contributed by atoms with Crippen LogP contribution in [0.2, 0.25) is 0 Å². The molecule has 0 saturated carbocycles. The summed E-state index contributed by atoms with van der Waals surface area (Å²) in [5.41, 5.74) is 0. The Hall–Kier alpha value is -0.120. The summed E-state index contributed by atoms with van der Waals surface area (Å²) in [6, 6.07) is 0.649. The highest BCUT2D eigenvalue weighted by Crippen LogP contribution is 2.02. The van der Waals surface area contributed by atoms with Gasteiger partial charge in [-0.25, -0.2) is 0 Å². The van der Waals surface area contributed by atoms with Crippen molar-refractivity contribution in [1.29, 1.82) is 0 Å². The molecule has 0 aromatic carbocycles. The molecule has 3 heteroatoms. The average Bonchev–Trinajstić information content (AvgIpc) is 2.27. The van der Waals surface area contributed by atoms with Crippen molar-refractivity contribution in [1.82, 2.24) is 10.2 Å². The predicted octanol–water partition coefficient (Wildman–Crippen LogP) is 1.73. The van der Waals surface area contributed by atoms with Gasteiger partial charge in [-0.1, -0.05) is 20.8 Å². The van der Waals surface area contributed by atoms with Crippen molar-refractivity contribution in [2.75, 3.05) is 39.4 Å². The summed E-state index contributed by atoms with van der Waals surface area (Å²) in [6.07, 6.45) is 1.20. The van der Waals surface area contributed by atoms with E-state index >= 15 is 0 Å². The minimum atomic E-state index is 0.649. The van der Waals surface area contributed by atoms with Crippen molar-refractivity contribution in [3.8, 4) is 0 Å². The Labute approximate surface area is 95.2 Å². The Morgan fingerprint density at radius 1 is 1.20 bits per heavy atom. The van der Waals surface area contributed by atoms with Crippen molar-refractivity contribution in [3.05, 3.63) is 0 Å². The molecule has 0 bridgehead atoms. The molecule has 0 spiro atoms. The number of rotatable bonds is 10. The van der Waals surface area contributed by atoms with Crippen LogP contribution in [0.4, 0.5) is 0 Å². The number of ether oxygens (including phenoxy) is 1. The average molecular weight is 216 g/mol. The number of likely N-dealkylation sites (N-methyl/N-ethyl adjacent to an activating group) is 2. The Morgan fingerprint density at radius 3 is 2.40 bits per heavy atom. The summed E-state index contributed by atoms with van der Waals surface area (Å²) in [5, 5.41) is 3.42. The van der Waals surface area contributed by atoms with Crippen LogP contribution in [0.1, 0.15) is 34.1 Å². The van der Waals surface area contributed by atoms with Gasteiger partial charge in [-0.3, -0.25) is 4.90 Å². The lowest BCUT2D eigenvalue weighted by Gasteiger charge is -2.30. The first-order valence-corrected chi connectivity index (χ1v) is 6.32. The first-order chi connectivity index (χ1) is 7.29. The molecular weight excluding hydrogens is 188 g/mol. The van der Waals surface area contributed by atoms with Gasteiger partial charge in [0.1, 0.15) is 0 Å². The third-order valence-corrected chi connectivity index (χ3v) is 2.75. The summed E-state index contributed by atoms with van der Waals surface area (Å²) in [7, 11) is 0. The van der Waals surface area contributed by atoms with Crippen molar-refractivity contribution < 1.29 is 4.74 Å². The van der Waals surface area contributed by atoms with Crippen LogP contribution in [-0.4, -0.2) is 50.3 Å². The lowest BCUT2D eigenvalue weighted by molar-refractivity contribution is 0.0951. The zero-order valence-electron chi connectivity index (χ0n) is 10.9. The minimum Gasteiger partial charge on any atom is -0.380 e. The molecule has 0 aliphatic rings. The minimum absolute atomic E-state index is 0.649. The molecule has 0 fully saturated rings. The van der Waals surface area contributed by atoms with Crippen LogP contribution in [-0.2, 0) is 4.74 Å². The maximum atomic E-state index is 5.40. The normalized spacial score (nSPS) is 13.4. The fourth-order valence-corrected chi connectivity index (χ4v) is 1.77. The Balaban J connectivity index is 3.85. The molecular formula is C12H28N2O. The SMILES string of the molecule is CCNCC(CC)N(CC)CCOCC. The van der Waals surface area contributed by atoms with Gasteiger partial charge < -0.3 is 10.1 Å². The van der Waals surface area contributed by atoms with Gasteiger partial charge in [0.05, 0.1) is 6.61 Å². The van der Waals surface area contributed by atoms with Crippen LogP contribution in [0.5, 0.6) is 0 Å². The highest BCUT2D eigenvalue weighted by Gasteiger charge is 2.13. The van der Waals surface area contributed by atoms with Crippen LogP contribution < -0.4 is 5.32 Å². The van der Waals surface area contributed by atoms with Gasteiger partial charge in [0, 0.05) is 25.7 Å². The molecule has 0 aliphatic carbocycles. The molecule has 1 N–H and O–H groups in total. The Bertz CT molecular complexity index is 131. The van der Waals surface area contributed by atoms with Crippen LogP contribution in [0.3, 0.4) is 0 Å². The Morgan fingerprint density at radius 2 is 1.93 bits per heavy atom. The van der Waals surface area contributed by atoms with Gasteiger partial charge in [0.25, 0.3) is 0 Å².